The SMILES string of the molecule is C/C=C(N)\C=C/N.CC. The summed E-state index contributed by atoms with van der Waals surface area (Å²) in [7, 11) is 0. The van der Waals surface area contributed by atoms with Crippen molar-refractivity contribution in [3.05, 3.63) is 24.0 Å². The van der Waals surface area contributed by atoms with Crippen molar-refractivity contribution in [1.29, 1.82) is 0 Å². The molecule has 0 saturated heterocycles. The first-order valence-electron chi connectivity index (χ1n) is 3.11. The van der Waals surface area contributed by atoms with Crippen LogP contribution >= 0.6 is 0 Å². The summed E-state index contributed by atoms with van der Waals surface area (Å²) in [5.41, 5.74) is 11.0. The lowest BCUT2D eigenvalue weighted by Crippen LogP contribution is -1.92. The molecule has 0 unspecified atom stereocenters. The lowest BCUT2D eigenvalue weighted by atomic mass is 10.4. The van der Waals surface area contributed by atoms with Crippen LogP contribution in [-0.2, 0) is 0 Å². The zero-order chi connectivity index (χ0) is 7.70. The van der Waals surface area contributed by atoms with Crippen LogP contribution in [-0.4, -0.2) is 0 Å². The third-order valence-corrected chi connectivity index (χ3v) is 0.622. The Labute approximate surface area is 57.2 Å². The molecule has 0 rings (SSSR count). The van der Waals surface area contributed by atoms with Gasteiger partial charge in [0.25, 0.3) is 0 Å². The van der Waals surface area contributed by atoms with Gasteiger partial charge in [-0.05, 0) is 19.2 Å². The first-order valence-corrected chi connectivity index (χ1v) is 3.11. The molecule has 0 amide bonds. The van der Waals surface area contributed by atoms with Crippen molar-refractivity contribution in [1.82, 2.24) is 0 Å². The zero-order valence-corrected chi connectivity index (χ0v) is 6.39. The van der Waals surface area contributed by atoms with Gasteiger partial charge in [-0.2, -0.15) is 0 Å². The van der Waals surface area contributed by atoms with Gasteiger partial charge in [0.2, 0.25) is 0 Å². The van der Waals surface area contributed by atoms with Crippen molar-refractivity contribution >= 4 is 0 Å². The van der Waals surface area contributed by atoms with Crippen molar-refractivity contribution in [2.45, 2.75) is 20.8 Å². The summed E-state index contributed by atoms with van der Waals surface area (Å²) in [4.78, 5) is 0. The first-order chi connectivity index (χ1) is 4.31. The molecule has 0 atom stereocenters. The Morgan fingerprint density at radius 3 is 1.89 bits per heavy atom. The highest BCUT2D eigenvalue weighted by molar-refractivity contribution is 5.11. The van der Waals surface area contributed by atoms with E-state index in [9.17, 15) is 0 Å². The van der Waals surface area contributed by atoms with Crippen LogP contribution in [0.25, 0.3) is 0 Å². The van der Waals surface area contributed by atoms with Crippen molar-refractivity contribution in [3.63, 3.8) is 0 Å². The average Bonchev–Trinajstić information content (AvgIpc) is 1.93. The normalized spacial score (nSPS) is 10.8. The second kappa shape index (κ2) is 10.1. The molecule has 0 heterocycles. The van der Waals surface area contributed by atoms with E-state index in [1.54, 1.807) is 12.2 Å². The Hall–Kier alpha value is -0.920. The molecule has 2 nitrogen and oxygen atoms in total. The highest BCUT2D eigenvalue weighted by Gasteiger charge is 1.70. The van der Waals surface area contributed by atoms with Crippen LogP contribution in [0.4, 0.5) is 0 Å². The molecule has 0 aliphatic carbocycles. The van der Waals surface area contributed by atoms with Crippen LogP contribution in [0.2, 0.25) is 0 Å². The molecule has 0 aliphatic rings. The maximum absolute atomic E-state index is 5.28. The minimum Gasteiger partial charge on any atom is -0.405 e. The van der Waals surface area contributed by atoms with E-state index < -0.39 is 0 Å². The number of nitrogens with two attached hydrogens (primary N) is 2. The molecule has 54 valence electrons. The maximum atomic E-state index is 5.28. The largest absolute Gasteiger partial charge is 0.405 e. The molecule has 9 heavy (non-hydrogen) atoms. The minimum atomic E-state index is 0.697. The van der Waals surface area contributed by atoms with Crippen LogP contribution in [0.1, 0.15) is 20.8 Å². The Balaban J connectivity index is 0. The number of hydrogen-bond donors (Lipinski definition) is 2. The lowest BCUT2D eigenvalue weighted by molar-refractivity contribution is 1.38. The second-order valence-electron chi connectivity index (χ2n) is 1.15. The molecule has 0 spiro atoms. The Kier molecular flexibility index (Phi) is 12.3. The minimum absolute atomic E-state index is 0.697. The van der Waals surface area contributed by atoms with Crippen molar-refractivity contribution in [2.75, 3.05) is 0 Å². The van der Waals surface area contributed by atoms with E-state index in [2.05, 4.69) is 0 Å². The number of allylic oxidation sites excluding steroid dienone is 2. The average molecular weight is 128 g/mol. The third-order valence-electron chi connectivity index (χ3n) is 0.622. The van der Waals surface area contributed by atoms with E-state index in [4.69, 9.17) is 11.5 Å². The van der Waals surface area contributed by atoms with E-state index in [0.29, 0.717) is 5.70 Å². The Morgan fingerprint density at radius 1 is 1.33 bits per heavy atom. The topological polar surface area (TPSA) is 52.0 Å². The molecule has 4 N–H and O–H groups in total. The van der Waals surface area contributed by atoms with Gasteiger partial charge in [-0.3, -0.25) is 0 Å². The van der Waals surface area contributed by atoms with E-state index >= 15 is 0 Å². The van der Waals surface area contributed by atoms with Gasteiger partial charge in [-0.15, -0.1) is 0 Å². The molecule has 0 bridgehead atoms. The highest BCUT2D eigenvalue weighted by Crippen LogP contribution is 1.80. The molecule has 0 aromatic carbocycles. The summed E-state index contributed by atoms with van der Waals surface area (Å²) in [5.74, 6) is 0. The molecule has 0 aliphatic heterocycles. The van der Waals surface area contributed by atoms with Crippen molar-refractivity contribution < 1.29 is 0 Å². The first kappa shape index (κ1) is 11.0. The Bertz CT molecular complexity index is 93.1. The van der Waals surface area contributed by atoms with E-state index in [1.165, 1.54) is 6.20 Å². The highest BCUT2D eigenvalue weighted by atomic mass is 14.6. The lowest BCUT2D eigenvalue weighted by Gasteiger charge is -1.83. The fourth-order valence-electron chi connectivity index (χ4n) is 0.207. The third kappa shape index (κ3) is 11.0. The van der Waals surface area contributed by atoms with Crippen LogP contribution in [0.3, 0.4) is 0 Å². The summed E-state index contributed by atoms with van der Waals surface area (Å²) in [6.07, 6.45) is 4.83. The van der Waals surface area contributed by atoms with Gasteiger partial charge in [0.15, 0.2) is 0 Å². The van der Waals surface area contributed by atoms with Gasteiger partial charge in [-0.25, -0.2) is 0 Å². The summed E-state index contributed by atoms with van der Waals surface area (Å²) in [6.45, 7) is 5.86. The van der Waals surface area contributed by atoms with E-state index in [1.807, 2.05) is 20.8 Å². The second-order valence-corrected chi connectivity index (χ2v) is 1.15. The summed E-state index contributed by atoms with van der Waals surface area (Å²) in [5, 5.41) is 0. The summed E-state index contributed by atoms with van der Waals surface area (Å²) in [6, 6.07) is 0. The van der Waals surface area contributed by atoms with Crippen LogP contribution in [0, 0.1) is 0 Å². The molecule has 0 fully saturated rings. The van der Waals surface area contributed by atoms with Crippen molar-refractivity contribution in [2.24, 2.45) is 11.5 Å². The van der Waals surface area contributed by atoms with Gasteiger partial charge in [0, 0.05) is 5.70 Å². The van der Waals surface area contributed by atoms with Gasteiger partial charge in [0.1, 0.15) is 0 Å². The van der Waals surface area contributed by atoms with E-state index in [-0.39, 0.29) is 0 Å². The van der Waals surface area contributed by atoms with Gasteiger partial charge in [0.05, 0.1) is 0 Å². The maximum Gasteiger partial charge on any atom is 0.0285 e. The summed E-state index contributed by atoms with van der Waals surface area (Å²) < 4.78 is 0. The molecule has 2 heteroatoms. The number of hydrogen-bond acceptors (Lipinski definition) is 2. The van der Waals surface area contributed by atoms with Crippen LogP contribution in [0.5, 0.6) is 0 Å². The summed E-state index contributed by atoms with van der Waals surface area (Å²) >= 11 is 0. The quantitative estimate of drug-likeness (QED) is 0.524. The fraction of sp³-hybridized carbons (Fsp3) is 0.429. The predicted octanol–water partition coefficient (Wildman–Crippen LogP) is 1.35. The van der Waals surface area contributed by atoms with Crippen LogP contribution in [0.15, 0.2) is 24.0 Å². The number of rotatable bonds is 1. The molecular formula is C7H16N2. The monoisotopic (exact) mass is 128 g/mol. The fourth-order valence-corrected chi connectivity index (χ4v) is 0.207. The van der Waals surface area contributed by atoms with Gasteiger partial charge >= 0.3 is 0 Å². The smallest absolute Gasteiger partial charge is 0.0285 e. The molecule has 0 saturated carbocycles. The molecule has 0 aromatic heterocycles. The van der Waals surface area contributed by atoms with Crippen LogP contribution < -0.4 is 11.5 Å². The predicted molar refractivity (Wildman–Crippen MR) is 42.6 cm³/mol. The molecule has 0 aromatic rings. The molecular weight excluding hydrogens is 112 g/mol. The van der Waals surface area contributed by atoms with Gasteiger partial charge < -0.3 is 11.5 Å². The Morgan fingerprint density at radius 2 is 1.78 bits per heavy atom. The zero-order valence-electron chi connectivity index (χ0n) is 6.39. The standard InChI is InChI=1S/C5H10N2.C2H6/c1-2-5(7)3-4-6;1-2/h2-4H,6-7H2,1H3;1-2H3/b4-3-,5-2+;. The van der Waals surface area contributed by atoms with Gasteiger partial charge in [-0.1, -0.05) is 19.9 Å². The van der Waals surface area contributed by atoms with E-state index in [0.717, 1.165) is 0 Å². The van der Waals surface area contributed by atoms with Crippen molar-refractivity contribution in [3.8, 4) is 0 Å². The molecule has 0 radical (unpaired) electrons.